The molecule has 0 spiro atoms. The fraction of sp³-hybridized carbons (Fsp3) is 0.773. The second-order valence-corrected chi connectivity index (χ2v) is 8.62. The van der Waals surface area contributed by atoms with Crippen molar-refractivity contribution in [1.82, 2.24) is 19.8 Å². The topological polar surface area (TPSA) is 49.3 Å². The molecule has 0 bridgehead atoms. The quantitative estimate of drug-likeness (QED) is 0.797. The van der Waals surface area contributed by atoms with Crippen LogP contribution in [0.3, 0.4) is 0 Å². The summed E-state index contributed by atoms with van der Waals surface area (Å²) in [6.07, 6.45) is 15.7. The minimum absolute atomic E-state index is 0.117. The van der Waals surface area contributed by atoms with Gasteiger partial charge in [0.2, 0.25) is 0 Å². The van der Waals surface area contributed by atoms with Crippen molar-refractivity contribution in [3.05, 3.63) is 23.3 Å². The molecular weight excluding hydrogens is 336 g/mol. The molecule has 1 atom stereocenters. The normalized spacial score (nSPS) is 25.5. The molecular formula is C22H34N4O. The maximum absolute atomic E-state index is 12.9. The summed E-state index contributed by atoms with van der Waals surface area (Å²) in [5.74, 6) is 1.06. The number of nitrogens with zero attached hydrogens (tertiary/aromatic N) is 4. The second kappa shape index (κ2) is 8.68. The van der Waals surface area contributed by atoms with Gasteiger partial charge in [0, 0.05) is 25.3 Å². The molecule has 2 aliphatic heterocycles. The monoisotopic (exact) mass is 370 g/mol. The highest BCUT2D eigenvalue weighted by atomic mass is 16.2. The first-order chi connectivity index (χ1) is 13.2. The largest absolute Gasteiger partial charge is 0.339 e. The molecule has 2 saturated heterocycles. The summed E-state index contributed by atoms with van der Waals surface area (Å²) < 4.78 is 0. The summed E-state index contributed by atoms with van der Waals surface area (Å²) >= 11 is 0. The average molecular weight is 371 g/mol. The third-order valence-corrected chi connectivity index (χ3v) is 6.76. The molecule has 148 valence electrons. The van der Waals surface area contributed by atoms with Crippen LogP contribution in [0.5, 0.6) is 0 Å². The van der Waals surface area contributed by atoms with Crippen LogP contribution in [0.1, 0.15) is 98.5 Å². The van der Waals surface area contributed by atoms with Crippen LogP contribution >= 0.6 is 0 Å². The Labute approximate surface area is 163 Å². The third kappa shape index (κ3) is 4.18. The molecule has 1 unspecified atom stereocenters. The Hall–Kier alpha value is -1.49. The van der Waals surface area contributed by atoms with Crippen molar-refractivity contribution < 1.29 is 4.79 Å². The van der Waals surface area contributed by atoms with Gasteiger partial charge in [-0.05, 0) is 58.4 Å². The summed E-state index contributed by atoms with van der Waals surface area (Å²) in [4.78, 5) is 27.1. The number of amides is 1. The summed E-state index contributed by atoms with van der Waals surface area (Å²) in [7, 11) is 0. The maximum atomic E-state index is 12.9. The number of hydrogen-bond acceptors (Lipinski definition) is 4. The Kier molecular flexibility index (Phi) is 6.06. The van der Waals surface area contributed by atoms with Gasteiger partial charge >= 0.3 is 0 Å². The first-order valence-corrected chi connectivity index (χ1v) is 11.1. The lowest BCUT2D eigenvalue weighted by Crippen LogP contribution is -2.43. The third-order valence-electron chi connectivity index (χ3n) is 6.76. The van der Waals surface area contributed by atoms with E-state index < -0.39 is 0 Å². The summed E-state index contributed by atoms with van der Waals surface area (Å²) in [6, 6.07) is 1.03. The molecule has 4 rings (SSSR count). The van der Waals surface area contributed by atoms with Gasteiger partial charge in [-0.1, -0.05) is 25.7 Å². The van der Waals surface area contributed by atoms with Gasteiger partial charge in [0.05, 0.1) is 17.3 Å². The molecule has 5 nitrogen and oxygen atoms in total. The number of rotatable bonds is 3. The summed E-state index contributed by atoms with van der Waals surface area (Å²) in [5, 5.41) is 0. The van der Waals surface area contributed by atoms with Crippen LogP contribution in [0.4, 0.5) is 0 Å². The Morgan fingerprint density at radius 2 is 1.59 bits per heavy atom. The van der Waals surface area contributed by atoms with Gasteiger partial charge in [0.1, 0.15) is 5.82 Å². The van der Waals surface area contributed by atoms with Gasteiger partial charge in [-0.3, -0.25) is 9.69 Å². The molecule has 27 heavy (non-hydrogen) atoms. The highest BCUT2D eigenvalue weighted by Gasteiger charge is 2.33. The molecule has 0 radical (unpaired) electrons. The van der Waals surface area contributed by atoms with Crippen LogP contribution < -0.4 is 0 Å². The van der Waals surface area contributed by atoms with Gasteiger partial charge < -0.3 is 4.90 Å². The van der Waals surface area contributed by atoms with Crippen LogP contribution in [0.15, 0.2) is 6.20 Å². The van der Waals surface area contributed by atoms with Crippen molar-refractivity contribution in [2.24, 2.45) is 0 Å². The lowest BCUT2D eigenvalue weighted by Gasteiger charge is -2.42. The van der Waals surface area contributed by atoms with E-state index in [1.165, 1.54) is 57.9 Å². The van der Waals surface area contributed by atoms with E-state index in [-0.39, 0.29) is 5.91 Å². The van der Waals surface area contributed by atoms with E-state index in [0.717, 1.165) is 43.9 Å². The van der Waals surface area contributed by atoms with Crippen molar-refractivity contribution in [3.8, 4) is 0 Å². The zero-order chi connectivity index (χ0) is 18.6. The second-order valence-electron chi connectivity index (χ2n) is 8.62. The fourth-order valence-electron chi connectivity index (χ4n) is 5.20. The standard InChI is InChI=1S/C22H34N4O/c1-17-19(22(27)25-13-7-3-8-14-25)16-23-21(24-17)20-12-6-9-15-26(20)18-10-4-2-5-11-18/h16,18,20H,2-15H2,1H3. The van der Waals surface area contributed by atoms with E-state index in [4.69, 9.17) is 9.97 Å². The number of aryl methyl sites for hydroxylation is 1. The predicted octanol–water partition coefficient (Wildman–Crippen LogP) is 4.27. The van der Waals surface area contributed by atoms with Crippen molar-refractivity contribution in [1.29, 1.82) is 0 Å². The molecule has 1 amide bonds. The van der Waals surface area contributed by atoms with Gasteiger partial charge in [-0.15, -0.1) is 0 Å². The Morgan fingerprint density at radius 1 is 0.926 bits per heavy atom. The smallest absolute Gasteiger partial charge is 0.257 e. The number of carbonyl (C=O) groups is 1. The van der Waals surface area contributed by atoms with Crippen molar-refractivity contribution in [2.75, 3.05) is 19.6 Å². The van der Waals surface area contributed by atoms with Crippen molar-refractivity contribution >= 4 is 5.91 Å². The SMILES string of the molecule is Cc1nc(C2CCCCN2C2CCCCC2)ncc1C(=O)N1CCCCC1. The average Bonchev–Trinajstić information content (AvgIpc) is 2.74. The highest BCUT2D eigenvalue weighted by Crippen LogP contribution is 2.35. The minimum atomic E-state index is 0.117. The number of carbonyl (C=O) groups excluding carboxylic acids is 1. The van der Waals surface area contributed by atoms with Crippen molar-refractivity contribution in [3.63, 3.8) is 0 Å². The molecule has 0 N–H and O–H groups in total. The van der Waals surface area contributed by atoms with Gasteiger partial charge in [0.25, 0.3) is 5.91 Å². The van der Waals surface area contributed by atoms with Crippen LogP contribution in [0, 0.1) is 6.92 Å². The lowest BCUT2D eigenvalue weighted by atomic mass is 9.90. The van der Waals surface area contributed by atoms with E-state index in [1.54, 1.807) is 0 Å². The molecule has 1 aromatic heterocycles. The predicted molar refractivity (Wildman–Crippen MR) is 107 cm³/mol. The number of piperidine rings is 2. The number of likely N-dealkylation sites (tertiary alicyclic amines) is 2. The fourth-order valence-corrected chi connectivity index (χ4v) is 5.20. The Bertz CT molecular complexity index is 650. The van der Waals surface area contributed by atoms with E-state index in [1.807, 2.05) is 18.0 Å². The van der Waals surface area contributed by atoms with E-state index in [2.05, 4.69) is 4.90 Å². The van der Waals surface area contributed by atoms with Crippen LogP contribution in [0.2, 0.25) is 0 Å². The summed E-state index contributed by atoms with van der Waals surface area (Å²) in [5.41, 5.74) is 1.55. The highest BCUT2D eigenvalue weighted by molar-refractivity contribution is 5.95. The molecule has 0 aromatic carbocycles. The van der Waals surface area contributed by atoms with E-state index in [9.17, 15) is 4.79 Å². The zero-order valence-corrected chi connectivity index (χ0v) is 16.8. The minimum Gasteiger partial charge on any atom is -0.339 e. The Balaban J connectivity index is 1.52. The molecule has 3 fully saturated rings. The molecule has 3 heterocycles. The van der Waals surface area contributed by atoms with Gasteiger partial charge in [0.15, 0.2) is 0 Å². The van der Waals surface area contributed by atoms with E-state index >= 15 is 0 Å². The first kappa shape index (κ1) is 18.9. The Morgan fingerprint density at radius 3 is 2.33 bits per heavy atom. The zero-order valence-electron chi connectivity index (χ0n) is 16.8. The van der Waals surface area contributed by atoms with Gasteiger partial charge in [-0.2, -0.15) is 0 Å². The van der Waals surface area contributed by atoms with Crippen molar-refractivity contribution in [2.45, 2.75) is 89.6 Å². The molecule has 1 aliphatic carbocycles. The molecule has 3 aliphatic rings. The number of aromatic nitrogens is 2. The first-order valence-electron chi connectivity index (χ1n) is 11.1. The molecule has 1 saturated carbocycles. The van der Waals surface area contributed by atoms with Crippen LogP contribution in [-0.2, 0) is 0 Å². The molecule has 1 aromatic rings. The summed E-state index contributed by atoms with van der Waals surface area (Å²) in [6.45, 7) is 4.90. The van der Waals surface area contributed by atoms with Gasteiger partial charge in [-0.25, -0.2) is 9.97 Å². The molecule has 5 heteroatoms. The van der Waals surface area contributed by atoms with Crippen LogP contribution in [-0.4, -0.2) is 51.4 Å². The maximum Gasteiger partial charge on any atom is 0.257 e. The number of hydrogen-bond donors (Lipinski definition) is 0. The van der Waals surface area contributed by atoms with Crippen LogP contribution in [0.25, 0.3) is 0 Å². The lowest BCUT2D eigenvalue weighted by molar-refractivity contribution is 0.0669. The van der Waals surface area contributed by atoms with E-state index in [0.29, 0.717) is 17.6 Å².